The van der Waals surface area contributed by atoms with Crippen molar-refractivity contribution in [2.45, 2.75) is 13.8 Å². The Balaban J connectivity index is 3.16. The van der Waals surface area contributed by atoms with Gasteiger partial charge in [-0.1, -0.05) is 29.8 Å². The Labute approximate surface area is 97.1 Å². The summed E-state index contributed by atoms with van der Waals surface area (Å²) in [5.74, 6) is -0.223. The van der Waals surface area contributed by atoms with Gasteiger partial charge in [-0.15, -0.1) is 0 Å². The predicted molar refractivity (Wildman–Crippen MR) is 63.0 cm³/mol. The molecular weight excluding hydrogens is 259 g/mol. The normalized spacial score (nSPS) is 11.9. The van der Waals surface area contributed by atoms with Crippen molar-refractivity contribution in [3.05, 3.63) is 39.6 Å². The minimum absolute atomic E-state index is 0.0980. The van der Waals surface area contributed by atoms with Crippen LogP contribution in [0.5, 0.6) is 0 Å². The molecular formula is C12H12BrFO. The molecule has 0 aromatic heterocycles. The van der Waals surface area contributed by atoms with Gasteiger partial charge in [-0.05, 0) is 35.8 Å². The van der Waals surface area contributed by atoms with Gasteiger partial charge in [-0.2, -0.15) is 0 Å². The van der Waals surface area contributed by atoms with Crippen LogP contribution in [0, 0.1) is 11.7 Å². The molecule has 1 aromatic rings. The van der Waals surface area contributed by atoms with Crippen LogP contribution in [0.2, 0.25) is 0 Å². The van der Waals surface area contributed by atoms with Crippen molar-refractivity contribution in [2.24, 2.45) is 5.92 Å². The molecule has 0 saturated carbocycles. The Bertz CT molecular complexity index is 397. The molecule has 1 aromatic carbocycles. The highest BCUT2D eigenvalue weighted by molar-refractivity contribution is 9.10. The van der Waals surface area contributed by atoms with Crippen LogP contribution in [-0.2, 0) is 4.79 Å². The van der Waals surface area contributed by atoms with Crippen LogP contribution in [0.15, 0.2) is 28.2 Å². The third kappa shape index (κ3) is 3.27. The van der Waals surface area contributed by atoms with Gasteiger partial charge in [0.25, 0.3) is 0 Å². The van der Waals surface area contributed by atoms with E-state index in [9.17, 15) is 9.18 Å². The average molecular weight is 271 g/mol. The molecule has 0 aliphatic carbocycles. The van der Waals surface area contributed by atoms with Gasteiger partial charge >= 0.3 is 0 Å². The summed E-state index contributed by atoms with van der Waals surface area (Å²) >= 11 is 3.26. The lowest BCUT2D eigenvalue weighted by atomic mass is 10.0. The van der Waals surface area contributed by atoms with Gasteiger partial charge in [0.15, 0.2) is 0 Å². The fourth-order valence-corrected chi connectivity index (χ4v) is 1.52. The molecule has 0 heterocycles. The second kappa shape index (κ2) is 5.21. The first kappa shape index (κ1) is 12.1. The minimum atomic E-state index is -0.321. The van der Waals surface area contributed by atoms with E-state index >= 15 is 0 Å². The molecule has 0 atom stereocenters. The van der Waals surface area contributed by atoms with Crippen LogP contribution in [0.3, 0.4) is 0 Å². The van der Waals surface area contributed by atoms with Crippen LogP contribution < -0.4 is 0 Å². The Hall–Kier alpha value is -0.960. The molecule has 0 unspecified atom stereocenters. The van der Waals surface area contributed by atoms with Crippen molar-refractivity contribution in [1.82, 2.24) is 0 Å². The zero-order chi connectivity index (χ0) is 11.4. The number of carbonyl (C=O) groups is 1. The van der Waals surface area contributed by atoms with Gasteiger partial charge in [0.1, 0.15) is 12.1 Å². The number of hydrogen-bond acceptors (Lipinski definition) is 1. The van der Waals surface area contributed by atoms with Gasteiger partial charge in [0.2, 0.25) is 0 Å². The molecule has 0 saturated heterocycles. The third-order valence-corrected chi connectivity index (χ3v) is 2.58. The molecule has 0 fully saturated rings. The van der Waals surface area contributed by atoms with Gasteiger partial charge in [-0.3, -0.25) is 4.79 Å². The summed E-state index contributed by atoms with van der Waals surface area (Å²) < 4.78 is 14.1. The van der Waals surface area contributed by atoms with E-state index < -0.39 is 0 Å². The van der Waals surface area contributed by atoms with Crippen molar-refractivity contribution in [3.63, 3.8) is 0 Å². The fraction of sp³-hybridized carbons (Fsp3) is 0.250. The highest BCUT2D eigenvalue weighted by Crippen LogP contribution is 2.19. The molecule has 0 aliphatic rings. The van der Waals surface area contributed by atoms with Crippen molar-refractivity contribution in [3.8, 4) is 0 Å². The zero-order valence-corrected chi connectivity index (χ0v) is 10.2. The Morgan fingerprint density at radius 1 is 1.47 bits per heavy atom. The molecule has 1 rings (SSSR count). The van der Waals surface area contributed by atoms with E-state index in [2.05, 4.69) is 15.9 Å². The molecule has 0 radical (unpaired) electrons. The maximum Gasteiger partial charge on any atom is 0.146 e. The number of carbonyl (C=O) groups excluding carboxylic acids is 1. The van der Waals surface area contributed by atoms with Crippen molar-refractivity contribution in [2.75, 3.05) is 0 Å². The van der Waals surface area contributed by atoms with Gasteiger partial charge < -0.3 is 0 Å². The van der Waals surface area contributed by atoms with E-state index in [0.717, 1.165) is 10.8 Å². The van der Waals surface area contributed by atoms with Crippen molar-refractivity contribution >= 4 is 28.3 Å². The first-order chi connectivity index (χ1) is 7.04. The monoisotopic (exact) mass is 270 g/mol. The molecule has 80 valence electrons. The first-order valence-corrected chi connectivity index (χ1v) is 5.45. The van der Waals surface area contributed by atoms with Crippen LogP contribution in [-0.4, -0.2) is 6.29 Å². The highest BCUT2D eigenvalue weighted by atomic mass is 79.9. The Morgan fingerprint density at radius 3 is 2.67 bits per heavy atom. The van der Waals surface area contributed by atoms with Crippen molar-refractivity contribution in [1.29, 1.82) is 0 Å². The topological polar surface area (TPSA) is 17.1 Å². The van der Waals surface area contributed by atoms with E-state index in [0.29, 0.717) is 11.1 Å². The van der Waals surface area contributed by atoms with Crippen LogP contribution in [0.1, 0.15) is 19.4 Å². The minimum Gasteiger partial charge on any atom is -0.298 e. The highest BCUT2D eigenvalue weighted by Gasteiger charge is 2.05. The average Bonchev–Trinajstić information content (AvgIpc) is 2.18. The van der Waals surface area contributed by atoms with Crippen LogP contribution >= 0.6 is 15.9 Å². The quantitative estimate of drug-likeness (QED) is 0.603. The summed E-state index contributed by atoms with van der Waals surface area (Å²) in [6.45, 7) is 3.80. The standard InChI is InChI=1S/C12H12BrFO/c1-8(2)10(7-15)5-9-6-11(13)3-4-12(9)14/h3-8H,1-2H3/b10-5+. The first-order valence-electron chi connectivity index (χ1n) is 4.66. The lowest BCUT2D eigenvalue weighted by molar-refractivity contribution is -0.105. The van der Waals surface area contributed by atoms with Crippen LogP contribution in [0.4, 0.5) is 4.39 Å². The lowest BCUT2D eigenvalue weighted by Gasteiger charge is -2.04. The SMILES string of the molecule is CC(C)/C(C=O)=C/c1cc(Br)ccc1F. The summed E-state index contributed by atoms with van der Waals surface area (Å²) in [6, 6.07) is 4.66. The smallest absolute Gasteiger partial charge is 0.146 e. The predicted octanol–water partition coefficient (Wildman–Crippen LogP) is 3.83. The lowest BCUT2D eigenvalue weighted by Crippen LogP contribution is -1.95. The summed E-state index contributed by atoms with van der Waals surface area (Å²) in [5, 5.41) is 0. The van der Waals surface area contributed by atoms with Gasteiger partial charge in [-0.25, -0.2) is 4.39 Å². The fourth-order valence-electron chi connectivity index (χ4n) is 1.14. The second-order valence-corrected chi connectivity index (χ2v) is 4.50. The second-order valence-electron chi connectivity index (χ2n) is 3.58. The van der Waals surface area contributed by atoms with Crippen molar-refractivity contribution < 1.29 is 9.18 Å². The number of aldehydes is 1. The number of hydrogen-bond donors (Lipinski definition) is 0. The largest absolute Gasteiger partial charge is 0.298 e. The molecule has 0 amide bonds. The molecule has 0 bridgehead atoms. The van der Waals surface area contributed by atoms with E-state index in [-0.39, 0.29) is 11.7 Å². The Morgan fingerprint density at radius 2 is 2.13 bits per heavy atom. The zero-order valence-electron chi connectivity index (χ0n) is 8.63. The number of halogens is 2. The van der Waals surface area contributed by atoms with Gasteiger partial charge in [0, 0.05) is 10.0 Å². The summed E-state index contributed by atoms with van der Waals surface area (Å²) in [6.07, 6.45) is 2.35. The molecule has 1 nitrogen and oxygen atoms in total. The molecule has 3 heteroatoms. The number of allylic oxidation sites excluding steroid dienone is 1. The van der Waals surface area contributed by atoms with E-state index in [1.54, 1.807) is 18.2 Å². The third-order valence-electron chi connectivity index (χ3n) is 2.08. The summed E-state index contributed by atoms with van der Waals surface area (Å²) in [4.78, 5) is 10.7. The van der Waals surface area contributed by atoms with E-state index in [4.69, 9.17) is 0 Å². The van der Waals surface area contributed by atoms with E-state index in [1.165, 1.54) is 6.07 Å². The summed E-state index contributed by atoms with van der Waals surface area (Å²) in [7, 11) is 0. The number of rotatable bonds is 3. The molecule has 0 aliphatic heterocycles. The Kier molecular flexibility index (Phi) is 4.21. The molecule has 0 spiro atoms. The molecule has 15 heavy (non-hydrogen) atoms. The van der Waals surface area contributed by atoms with E-state index in [1.807, 2.05) is 13.8 Å². The van der Waals surface area contributed by atoms with Gasteiger partial charge in [0.05, 0.1) is 0 Å². The maximum absolute atomic E-state index is 13.3. The number of benzene rings is 1. The molecule has 0 N–H and O–H groups in total. The maximum atomic E-state index is 13.3. The summed E-state index contributed by atoms with van der Waals surface area (Å²) in [5.41, 5.74) is 1.02. The van der Waals surface area contributed by atoms with Crippen LogP contribution in [0.25, 0.3) is 6.08 Å².